The molecular weight excluding hydrogens is 498 g/mol. The Hall–Kier alpha value is -4.11. The molecule has 204 valence electrons. The summed E-state index contributed by atoms with van der Waals surface area (Å²) >= 11 is 0. The van der Waals surface area contributed by atoms with Crippen molar-refractivity contribution < 1.29 is 28.9 Å². The molecule has 1 amide bonds. The molecule has 1 atom stereocenters. The largest absolute Gasteiger partial charge is 0.482 e. The fourth-order valence-corrected chi connectivity index (χ4v) is 5.23. The van der Waals surface area contributed by atoms with Crippen molar-refractivity contribution in [1.29, 1.82) is 0 Å². The lowest BCUT2D eigenvalue weighted by Crippen LogP contribution is -2.46. The molecule has 5 rings (SSSR count). The van der Waals surface area contributed by atoms with E-state index in [0.29, 0.717) is 24.0 Å². The van der Waals surface area contributed by atoms with E-state index in [1.807, 2.05) is 30.0 Å². The Balaban J connectivity index is 1.15. The number of carbonyl (C=O) groups excluding carboxylic acids is 1. The van der Waals surface area contributed by atoms with E-state index < -0.39 is 12.6 Å². The number of aromatic nitrogens is 1. The standard InChI is InChI=1S/C30H33N3O6/c1-20-4-3-5-22(16-20)27-18-38-30(36)33(27)24-12-14-32(15-13-24)17-23-6-11-28(31-21(23)2)39-26-9-7-25(8-10-26)37-19-29(34)35/h3-11,16,24,27H,12-15,17-19H2,1-2H3,(H,34,35)/t27-/m0/s1. The topological polar surface area (TPSA) is 101 Å². The molecule has 0 radical (unpaired) electrons. The molecule has 2 aliphatic rings. The van der Waals surface area contributed by atoms with E-state index in [0.717, 1.165) is 49.3 Å². The van der Waals surface area contributed by atoms with E-state index in [9.17, 15) is 9.59 Å². The minimum Gasteiger partial charge on any atom is -0.482 e. The molecular formula is C30H33N3O6. The average Bonchev–Trinajstić information content (AvgIpc) is 3.31. The Morgan fingerprint density at radius 2 is 1.79 bits per heavy atom. The van der Waals surface area contributed by atoms with Gasteiger partial charge in [-0.2, -0.15) is 0 Å². The fraction of sp³-hybridized carbons (Fsp3) is 0.367. The third-order valence-corrected chi connectivity index (χ3v) is 7.26. The summed E-state index contributed by atoms with van der Waals surface area (Å²) in [5.74, 6) is 0.510. The summed E-state index contributed by atoms with van der Waals surface area (Å²) in [6, 6.07) is 19.1. The molecule has 2 fully saturated rings. The van der Waals surface area contributed by atoms with E-state index in [2.05, 4.69) is 35.0 Å². The molecule has 3 aromatic rings. The first-order valence-electron chi connectivity index (χ1n) is 13.2. The number of likely N-dealkylation sites (tertiary alicyclic amines) is 1. The van der Waals surface area contributed by atoms with E-state index in [-0.39, 0.29) is 18.2 Å². The minimum absolute atomic E-state index is 0.0265. The molecule has 0 saturated carbocycles. The minimum atomic E-state index is -1.03. The highest BCUT2D eigenvalue weighted by molar-refractivity contribution is 5.71. The van der Waals surface area contributed by atoms with Gasteiger partial charge in [0.1, 0.15) is 18.1 Å². The van der Waals surface area contributed by atoms with Gasteiger partial charge in [-0.05, 0) is 62.1 Å². The number of aliphatic carboxylic acids is 1. The number of nitrogens with zero attached hydrogens (tertiary/aromatic N) is 3. The monoisotopic (exact) mass is 531 g/mol. The molecule has 0 bridgehead atoms. The number of amides is 1. The number of rotatable bonds is 9. The third-order valence-electron chi connectivity index (χ3n) is 7.26. The number of cyclic esters (lactones) is 1. The lowest BCUT2D eigenvalue weighted by Gasteiger charge is -2.38. The zero-order chi connectivity index (χ0) is 27.4. The van der Waals surface area contributed by atoms with Gasteiger partial charge in [0, 0.05) is 37.4 Å². The average molecular weight is 532 g/mol. The van der Waals surface area contributed by atoms with Crippen LogP contribution in [0.1, 0.15) is 41.3 Å². The van der Waals surface area contributed by atoms with Crippen LogP contribution >= 0.6 is 0 Å². The van der Waals surface area contributed by atoms with Gasteiger partial charge < -0.3 is 19.3 Å². The van der Waals surface area contributed by atoms with Crippen LogP contribution in [0.3, 0.4) is 0 Å². The second-order valence-electron chi connectivity index (χ2n) is 10.1. The molecule has 3 heterocycles. The number of hydrogen-bond donors (Lipinski definition) is 1. The zero-order valence-corrected chi connectivity index (χ0v) is 22.2. The molecule has 39 heavy (non-hydrogen) atoms. The van der Waals surface area contributed by atoms with Crippen molar-refractivity contribution in [3.63, 3.8) is 0 Å². The van der Waals surface area contributed by atoms with Crippen LogP contribution in [0, 0.1) is 13.8 Å². The van der Waals surface area contributed by atoms with Crippen molar-refractivity contribution in [2.45, 2.75) is 45.3 Å². The lowest BCUT2D eigenvalue weighted by atomic mass is 9.98. The molecule has 9 heteroatoms. The van der Waals surface area contributed by atoms with Crippen LogP contribution in [-0.2, 0) is 16.1 Å². The fourth-order valence-electron chi connectivity index (χ4n) is 5.23. The quantitative estimate of drug-likeness (QED) is 0.406. The van der Waals surface area contributed by atoms with Gasteiger partial charge in [0.25, 0.3) is 0 Å². The van der Waals surface area contributed by atoms with Gasteiger partial charge in [0.15, 0.2) is 6.61 Å². The van der Waals surface area contributed by atoms with Gasteiger partial charge in [-0.25, -0.2) is 14.6 Å². The first kappa shape index (κ1) is 26.5. The first-order chi connectivity index (χ1) is 18.9. The maximum atomic E-state index is 12.6. The summed E-state index contributed by atoms with van der Waals surface area (Å²) in [7, 11) is 0. The van der Waals surface area contributed by atoms with Crippen molar-refractivity contribution in [3.05, 3.63) is 83.0 Å². The molecule has 2 saturated heterocycles. The summed E-state index contributed by atoms with van der Waals surface area (Å²) in [6.45, 7) is 6.63. The van der Waals surface area contributed by atoms with Gasteiger partial charge in [-0.1, -0.05) is 35.9 Å². The normalized spacial score (nSPS) is 18.2. The summed E-state index contributed by atoms with van der Waals surface area (Å²) in [6.07, 6.45) is 1.59. The maximum absolute atomic E-state index is 12.6. The summed E-state index contributed by atoms with van der Waals surface area (Å²) in [5, 5.41) is 8.72. The van der Waals surface area contributed by atoms with Crippen molar-refractivity contribution in [3.8, 4) is 17.4 Å². The Kier molecular flexibility index (Phi) is 7.97. The first-order valence-corrected chi connectivity index (χ1v) is 13.2. The summed E-state index contributed by atoms with van der Waals surface area (Å²) in [4.78, 5) is 32.3. The van der Waals surface area contributed by atoms with Gasteiger partial charge >= 0.3 is 12.1 Å². The summed E-state index contributed by atoms with van der Waals surface area (Å²) in [5.41, 5.74) is 4.35. The van der Waals surface area contributed by atoms with Gasteiger partial charge in [-0.15, -0.1) is 0 Å². The van der Waals surface area contributed by atoms with Crippen molar-refractivity contribution >= 4 is 12.1 Å². The van der Waals surface area contributed by atoms with Crippen LogP contribution < -0.4 is 9.47 Å². The summed E-state index contributed by atoms with van der Waals surface area (Å²) < 4.78 is 16.5. The van der Waals surface area contributed by atoms with Crippen LogP contribution in [-0.4, -0.2) is 64.3 Å². The van der Waals surface area contributed by atoms with E-state index in [4.69, 9.17) is 19.3 Å². The Labute approximate surface area is 227 Å². The molecule has 9 nitrogen and oxygen atoms in total. The second-order valence-corrected chi connectivity index (χ2v) is 10.1. The van der Waals surface area contributed by atoms with Crippen LogP contribution in [0.5, 0.6) is 17.4 Å². The Morgan fingerprint density at radius 3 is 2.49 bits per heavy atom. The molecule has 0 unspecified atom stereocenters. The number of carboxylic acids is 1. The number of carbonyl (C=O) groups is 2. The van der Waals surface area contributed by atoms with Crippen LogP contribution in [0.2, 0.25) is 0 Å². The third kappa shape index (κ3) is 6.49. The number of hydrogen-bond acceptors (Lipinski definition) is 7. The number of benzene rings is 2. The number of piperidine rings is 1. The van der Waals surface area contributed by atoms with E-state index in [1.165, 1.54) is 5.56 Å². The van der Waals surface area contributed by atoms with Gasteiger partial charge in [-0.3, -0.25) is 9.80 Å². The molecule has 1 N–H and O–H groups in total. The van der Waals surface area contributed by atoms with Gasteiger partial charge in [0.05, 0.1) is 6.04 Å². The van der Waals surface area contributed by atoms with Gasteiger partial charge in [0.2, 0.25) is 5.88 Å². The maximum Gasteiger partial charge on any atom is 0.410 e. The van der Waals surface area contributed by atoms with Crippen LogP contribution in [0.4, 0.5) is 4.79 Å². The van der Waals surface area contributed by atoms with E-state index in [1.54, 1.807) is 24.3 Å². The highest BCUT2D eigenvalue weighted by Crippen LogP contribution is 2.34. The predicted octanol–water partition coefficient (Wildman–Crippen LogP) is 5.11. The molecule has 2 aromatic carbocycles. The number of carboxylic acid groups (broad SMARTS) is 1. The second kappa shape index (κ2) is 11.7. The number of pyridine rings is 1. The predicted molar refractivity (Wildman–Crippen MR) is 144 cm³/mol. The van der Waals surface area contributed by atoms with Crippen molar-refractivity contribution in [1.82, 2.24) is 14.8 Å². The van der Waals surface area contributed by atoms with Crippen LogP contribution in [0.25, 0.3) is 0 Å². The van der Waals surface area contributed by atoms with Crippen molar-refractivity contribution in [2.75, 3.05) is 26.3 Å². The highest BCUT2D eigenvalue weighted by Gasteiger charge is 2.40. The smallest absolute Gasteiger partial charge is 0.410 e. The Morgan fingerprint density at radius 1 is 1.05 bits per heavy atom. The van der Waals surface area contributed by atoms with E-state index >= 15 is 0 Å². The molecule has 0 aliphatic carbocycles. The molecule has 2 aliphatic heterocycles. The molecule has 0 spiro atoms. The highest BCUT2D eigenvalue weighted by atomic mass is 16.6. The lowest BCUT2D eigenvalue weighted by molar-refractivity contribution is -0.139. The van der Waals surface area contributed by atoms with Crippen LogP contribution in [0.15, 0.2) is 60.7 Å². The Bertz CT molecular complexity index is 1320. The number of aryl methyl sites for hydroxylation is 2. The number of ether oxygens (including phenoxy) is 3. The van der Waals surface area contributed by atoms with Crippen molar-refractivity contribution in [2.24, 2.45) is 0 Å². The zero-order valence-electron chi connectivity index (χ0n) is 22.2. The SMILES string of the molecule is Cc1cccc([C@@H]2COC(=O)N2C2CCN(Cc3ccc(Oc4ccc(OCC(=O)O)cc4)nc3C)CC2)c1. The molecule has 1 aromatic heterocycles.